The van der Waals surface area contributed by atoms with Crippen molar-refractivity contribution in [2.24, 2.45) is 0 Å². The molecule has 0 aliphatic carbocycles. The fourth-order valence-corrected chi connectivity index (χ4v) is 5.63. The van der Waals surface area contributed by atoms with Crippen molar-refractivity contribution in [2.45, 2.75) is 206 Å². The van der Waals surface area contributed by atoms with Crippen molar-refractivity contribution in [3.05, 3.63) is 24.3 Å². The molecule has 3 nitrogen and oxygen atoms in total. The third-order valence-corrected chi connectivity index (χ3v) is 8.39. The first kappa shape index (κ1) is 40.8. The van der Waals surface area contributed by atoms with Gasteiger partial charge in [-0.3, -0.25) is 0 Å². The maximum atomic E-state index is 11.2. The molecular formula is C39H75NO2. The maximum absolute atomic E-state index is 11.2. The monoisotopic (exact) mass is 590 g/mol. The van der Waals surface area contributed by atoms with Crippen LogP contribution in [0.4, 0.5) is 4.79 Å². The van der Waals surface area contributed by atoms with Crippen LogP contribution in [-0.2, 0) is 4.74 Å². The minimum absolute atomic E-state index is 0.283. The van der Waals surface area contributed by atoms with Gasteiger partial charge in [0.25, 0.3) is 0 Å². The number of unbranched alkanes of at least 4 members (excludes halogenated alkanes) is 27. The van der Waals surface area contributed by atoms with Gasteiger partial charge < -0.3 is 10.1 Å². The van der Waals surface area contributed by atoms with Gasteiger partial charge in [0.2, 0.25) is 0 Å². The number of amides is 1. The average Bonchev–Trinajstić information content (AvgIpc) is 2.99. The fourth-order valence-electron chi connectivity index (χ4n) is 5.63. The van der Waals surface area contributed by atoms with E-state index < -0.39 is 0 Å². The Labute approximate surface area is 264 Å². The molecule has 0 aromatic heterocycles. The molecule has 0 heterocycles. The van der Waals surface area contributed by atoms with Crippen LogP contribution in [0.3, 0.4) is 0 Å². The first-order valence-electron chi connectivity index (χ1n) is 19.0. The third-order valence-electron chi connectivity index (χ3n) is 8.39. The van der Waals surface area contributed by atoms with Gasteiger partial charge in [0, 0.05) is 6.54 Å². The molecule has 3 heteroatoms. The van der Waals surface area contributed by atoms with Gasteiger partial charge in [-0.25, -0.2) is 4.79 Å². The summed E-state index contributed by atoms with van der Waals surface area (Å²) in [5, 5.41) is 2.79. The van der Waals surface area contributed by atoms with Crippen molar-refractivity contribution < 1.29 is 9.53 Å². The molecule has 0 radical (unpaired) electrons. The topological polar surface area (TPSA) is 38.3 Å². The highest BCUT2D eigenvalue weighted by Gasteiger charge is 1.98. The van der Waals surface area contributed by atoms with Crippen LogP contribution in [-0.4, -0.2) is 19.2 Å². The third kappa shape index (κ3) is 36.8. The predicted octanol–water partition coefficient (Wildman–Crippen LogP) is 13.6. The van der Waals surface area contributed by atoms with Crippen LogP contribution in [0.15, 0.2) is 24.3 Å². The summed E-state index contributed by atoms with van der Waals surface area (Å²) in [6.45, 7) is 5.30. The molecule has 248 valence electrons. The predicted molar refractivity (Wildman–Crippen MR) is 187 cm³/mol. The molecule has 0 rings (SSSR count). The van der Waals surface area contributed by atoms with E-state index in [1.807, 2.05) is 6.92 Å². The second kappa shape index (κ2) is 37.8. The lowest BCUT2D eigenvalue weighted by Gasteiger charge is -2.04. The van der Waals surface area contributed by atoms with Crippen LogP contribution >= 0.6 is 0 Å². The number of alkyl carbamates (subject to hydrolysis) is 1. The zero-order chi connectivity index (χ0) is 30.4. The number of rotatable bonds is 34. The van der Waals surface area contributed by atoms with Crippen LogP contribution in [0.2, 0.25) is 0 Å². The van der Waals surface area contributed by atoms with E-state index in [9.17, 15) is 4.79 Å². The molecule has 0 aromatic rings. The highest BCUT2D eigenvalue weighted by atomic mass is 16.5. The molecule has 0 bridgehead atoms. The number of allylic oxidation sites excluding steroid dienone is 4. The SMILES string of the molecule is CCCCCCCC/C=C\CCCCCCCCCCCCCCCC/C=C\CCCCCCCCNC(=O)OCC. The number of ether oxygens (including phenoxy) is 1. The van der Waals surface area contributed by atoms with Gasteiger partial charge in [-0.15, -0.1) is 0 Å². The highest BCUT2D eigenvalue weighted by Crippen LogP contribution is 2.15. The molecule has 42 heavy (non-hydrogen) atoms. The molecule has 0 saturated carbocycles. The van der Waals surface area contributed by atoms with E-state index in [-0.39, 0.29) is 6.09 Å². The molecule has 0 aromatic carbocycles. The standard InChI is InChI=1S/C39H75NO2/c1-3-5-6-7-8-9-10-11-12-13-14-15-16-17-18-19-20-21-22-23-24-25-26-27-28-29-30-31-32-33-34-35-36-37-38-40-39(41)42-4-2/h11-12,29-30H,3-10,13-28,31-38H2,1-2H3,(H,40,41)/b12-11-,30-29-. The number of hydrogen-bond acceptors (Lipinski definition) is 2. The Morgan fingerprint density at radius 3 is 1.02 bits per heavy atom. The Bertz CT molecular complexity index is 571. The maximum Gasteiger partial charge on any atom is 0.407 e. The summed E-state index contributed by atoms with van der Waals surface area (Å²) in [7, 11) is 0. The molecule has 1 amide bonds. The van der Waals surface area contributed by atoms with Crippen molar-refractivity contribution in [3.8, 4) is 0 Å². The zero-order valence-corrected chi connectivity index (χ0v) is 28.8. The Hall–Kier alpha value is -1.25. The molecule has 0 aliphatic rings. The second-order valence-electron chi connectivity index (χ2n) is 12.6. The largest absolute Gasteiger partial charge is 0.450 e. The number of carbonyl (C=O) groups excluding carboxylic acids is 1. The fraction of sp³-hybridized carbons (Fsp3) is 0.872. The van der Waals surface area contributed by atoms with Gasteiger partial charge in [-0.1, -0.05) is 166 Å². The molecule has 0 spiro atoms. The molecule has 0 atom stereocenters. The number of carbonyl (C=O) groups is 1. The smallest absolute Gasteiger partial charge is 0.407 e. The molecular weight excluding hydrogens is 514 g/mol. The quantitative estimate of drug-likeness (QED) is 0.0599. The summed E-state index contributed by atoms with van der Waals surface area (Å²) in [5.74, 6) is 0. The van der Waals surface area contributed by atoms with Crippen molar-refractivity contribution in [2.75, 3.05) is 13.2 Å². The molecule has 1 N–H and O–H groups in total. The van der Waals surface area contributed by atoms with Crippen LogP contribution in [0.5, 0.6) is 0 Å². The van der Waals surface area contributed by atoms with Gasteiger partial charge in [0.1, 0.15) is 0 Å². The van der Waals surface area contributed by atoms with Crippen LogP contribution in [0.25, 0.3) is 0 Å². The molecule has 0 aliphatic heterocycles. The summed E-state index contributed by atoms with van der Waals surface area (Å²) in [6, 6.07) is 0. The average molecular weight is 590 g/mol. The molecule has 0 unspecified atom stereocenters. The van der Waals surface area contributed by atoms with E-state index in [4.69, 9.17) is 4.74 Å². The first-order valence-corrected chi connectivity index (χ1v) is 19.0. The lowest BCUT2D eigenvalue weighted by atomic mass is 10.0. The van der Waals surface area contributed by atoms with Crippen molar-refractivity contribution in [1.29, 1.82) is 0 Å². The lowest BCUT2D eigenvalue weighted by molar-refractivity contribution is 0.152. The zero-order valence-electron chi connectivity index (χ0n) is 28.8. The summed E-state index contributed by atoms with van der Waals surface area (Å²) < 4.78 is 4.86. The lowest BCUT2D eigenvalue weighted by Crippen LogP contribution is -2.25. The minimum atomic E-state index is -0.283. The van der Waals surface area contributed by atoms with E-state index >= 15 is 0 Å². The van der Waals surface area contributed by atoms with Crippen molar-refractivity contribution >= 4 is 6.09 Å². The minimum Gasteiger partial charge on any atom is -0.450 e. The second-order valence-corrected chi connectivity index (χ2v) is 12.6. The van der Waals surface area contributed by atoms with E-state index in [0.717, 1.165) is 13.0 Å². The normalized spacial score (nSPS) is 11.7. The number of hydrogen-bond donors (Lipinski definition) is 1. The van der Waals surface area contributed by atoms with E-state index in [1.54, 1.807) is 0 Å². The molecule has 0 fully saturated rings. The summed E-state index contributed by atoms with van der Waals surface area (Å²) in [5.41, 5.74) is 0. The van der Waals surface area contributed by atoms with E-state index in [0.29, 0.717) is 6.61 Å². The first-order chi connectivity index (χ1) is 20.8. The summed E-state index contributed by atoms with van der Waals surface area (Å²) >= 11 is 0. The van der Waals surface area contributed by atoms with Gasteiger partial charge in [0.15, 0.2) is 0 Å². The van der Waals surface area contributed by atoms with Gasteiger partial charge >= 0.3 is 6.09 Å². The van der Waals surface area contributed by atoms with Crippen molar-refractivity contribution in [3.63, 3.8) is 0 Å². The Balaban J connectivity index is 3.14. The van der Waals surface area contributed by atoms with E-state index in [1.165, 1.54) is 186 Å². The number of nitrogens with one attached hydrogen (secondary N) is 1. The summed E-state index contributed by atoms with van der Waals surface area (Å²) in [4.78, 5) is 11.2. The van der Waals surface area contributed by atoms with Crippen LogP contribution < -0.4 is 5.32 Å². The van der Waals surface area contributed by atoms with Crippen molar-refractivity contribution in [1.82, 2.24) is 5.32 Å². The highest BCUT2D eigenvalue weighted by molar-refractivity contribution is 5.66. The van der Waals surface area contributed by atoms with Gasteiger partial charge in [0.05, 0.1) is 6.61 Å². The Kier molecular flexibility index (Phi) is 36.7. The van der Waals surface area contributed by atoms with Gasteiger partial charge in [-0.05, 0) is 64.7 Å². The Morgan fingerprint density at radius 2 is 0.714 bits per heavy atom. The summed E-state index contributed by atoms with van der Waals surface area (Å²) in [6.07, 6.45) is 50.5. The Morgan fingerprint density at radius 1 is 0.429 bits per heavy atom. The van der Waals surface area contributed by atoms with Crippen LogP contribution in [0.1, 0.15) is 206 Å². The van der Waals surface area contributed by atoms with E-state index in [2.05, 4.69) is 36.5 Å². The van der Waals surface area contributed by atoms with Crippen LogP contribution in [0, 0.1) is 0 Å². The van der Waals surface area contributed by atoms with Gasteiger partial charge in [-0.2, -0.15) is 0 Å². The molecule has 0 saturated heterocycles.